The Labute approximate surface area is 108 Å². The zero-order valence-electron chi connectivity index (χ0n) is 8.45. The smallest absolute Gasteiger partial charge is 0.140 e. The highest BCUT2D eigenvalue weighted by Gasteiger charge is 2.15. The van der Waals surface area contributed by atoms with Gasteiger partial charge in [-0.2, -0.15) is 11.8 Å². The Bertz CT molecular complexity index is 339. The minimum absolute atomic E-state index is 0.604. The highest BCUT2D eigenvalue weighted by Crippen LogP contribution is 2.31. The zero-order valence-corrected chi connectivity index (χ0v) is 11.4. The van der Waals surface area contributed by atoms with Gasteiger partial charge in [0.1, 0.15) is 11.6 Å². The van der Waals surface area contributed by atoms with Gasteiger partial charge in [-0.1, -0.05) is 12.8 Å². The van der Waals surface area contributed by atoms with Crippen molar-refractivity contribution in [1.29, 1.82) is 0 Å². The largest absolute Gasteiger partial charge is 0.383 e. The molecule has 82 valence electrons. The average Bonchev–Trinajstić information content (AvgIpc) is 2.73. The van der Waals surface area contributed by atoms with Crippen molar-refractivity contribution < 1.29 is 0 Å². The lowest BCUT2D eigenvalue weighted by atomic mass is 10.4. The second-order valence-electron chi connectivity index (χ2n) is 3.74. The monoisotopic (exact) mass is 335 g/mol. The molecule has 0 bridgehead atoms. The first-order valence-corrected chi connectivity index (χ1v) is 7.27. The van der Waals surface area contributed by atoms with Gasteiger partial charge in [0.2, 0.25) is 0 Å². The Morgan fingerprint density at radius 1 is 1.47 bits per heavy atom. The Hall–Kier alpha value is -0.0400. The van der Waals surface area contributed by atoms with E-state index >= 15 is 0 Å². The maximum Gasteiger partial charge on any atom is 0.140 e. The van der Waals surface area contributed by atoms with Gasteiger partial charge in [0.05, 0.1) is 9.32 Å². The molecule has 0 amide bonds. The molecule has 1 aromatic rings. The topological polar surface area (TPSA) is 51.8 Å². The van der Waals surface area contributed by atoms with E-state index in [0.717, 1.165) is 20.4 Å². The summed E-state index contributed by atoms with van der Waals surface area (Å²) >= 11 is 4.12. The minimum atomic E-state index is 0.604. The van der Waals surface area contributed by atoms with Gasteiger partial charge in [0.25, 0.3) is 0 Å². The van der Waals surface area contributed by atoms with E-state index in [1.807, 2.05) is 11.8 Å². The molecular weight excluding hydrogens is 321 g/mol. The normalized spacial score (nSPS) is 17.1. The second kappa shape index (κ2) is 5.34. The highest BCUT2D eigenvalue weighted by molar-refractivity contribution is 14.1. The molecule has 5 heteroatoms. The molecule has 3 nitrogen and oxygen atoms in total. The number of rotatable bonds is 3. The molecule has 15 heavy (non-hydrogen) atoms. The van der Waals surface area contributed by atoms with Crippen LogP contribution in [0.4, 0.5) is 5.82 Å². The van der Waals surface area contributed by atoms with Crippen molar-refractivity contribution in [2.45, 2.75) is 36.7 Å². The molecule has 1 saturated carbocycles. The molecule has 1 aromatic heterocycles. The molecule has 2 N–H and O–H groups in total. The van der Waals surface area contributed by atoms with Crippen LogP contribution in [0.5, 0.6) is 0 Å². The summed E-state index contributed by atoms with van der Waals surface area (Å²) < 4.78 is 0.933. The second-order valence-corrected chi connectivity index (χ2v) is 6.19. The Balaban J connectivity index is 1.90. The molecular formula is C10H14IN3S. The molecule has 0 atom stereocenters. The van der Waals surface area contributed by atoms with Crippen LogP contribution in [-0.2, 0) is 5.75 Å². The van der Waals surface area contributed by atoms with E-state index < -0.39 is 0 Å². The Morgan fingerprint density at radius 2 is 2.20 bits per heavy atom. The molecule has 0 spiro atoms. The van der Waals surface area contributed by atoms with Gasteiger partial charge in [0.15, 0.2) is 0 Å². The number of nitrogen functional groups attached to an aromatic ring is 1. The third-order valence-corrected chi connectivity index (χ3v) is 4.77. The first kappa shape index (κ1) is 11.4. The summed E-state index contributed by atoms with van der Waals surface area (Å²) in [5.74, 6) is 2.36. The lowest BCUT2D eigenvalue weighted by Gasteiger charge is -2.07. The number of nitrogens with zero attached hydrogens (tertiary/aromatic N) is 2. The van der Waals surface area contributed by atoms with Gasteiger partial charge < -0.3 is 5.73 Å². The fourth-order valence-electron chi connectivity index (χ4n) is 1.74. The Morgan fingerprint density at radius 3 is 2.87 bits per heavy atom. The standard InChI is InChI=1S/C10H14IN3S/c11-8-5-13-9(14-10(8)12)6-15-7-3-1-2-4-7/h5,7H,1-4,6H2,(H2,12,13,14). The molecule has 2 rings (SSSR count). The molecule has 0 radical (unpaired) electrons. The first-order valence-electron chi connectivity index (χ1n) is 5.14. The molecule has 0 unspecified atom stereocenters. The van der Waals surface area contributed by atoms with Crippen LogP contribution in [0.25, 0.3) is 0 Å². The number of thioether (sulfide) groups is 1. The summed E-state index contributed by atoms with van der Waals surface area (Å²) in [7, 11) is 0. The maximum atomic E-state index is 5.74. The summed E-state index contributed by atoms with van der Waals surface area (Å²) in [4.78, 5) is 8.55. The van der Waals surface area contributed by atoms with Crippen LogP contribution in [-0.4, -0.2) is 15.2 Å². The quantitative estimate of drug-likeness (QED) is 0.863. The van der Waals surface area contributed by atoms with Crippen LogP contribution in [0.2, 0.25) is 0 Å². The number of hydrogen-bond donors (Lipinski definition) is 1. The van der Waals surface area contributed by atoms with E-state index in [1.54, 1.807) is 6.20 Å². The van der Waals surface area contributed by atoms with Crippen molar-refractivity contribution in [2.75, 3.05) is 5.73 Å². The van der Waals surface area contributed by atoms with Crippen molar-refractivity contribution in [3.63, 3.8) is 0 Å². The van der Waals surface area contributed by atoms with Gasteiger partial charge in [-0.3, -0.25) is 0 Å². The molecule has 0 aliphatic heterocycles. The van der Waals surface area contributed by atoms with Crippen LogP contribution in [0.15, 0.2) is 6.20 Å². The maximum absolute atomic E-state index is 5.74. The zero-order chi connectivity index (χ0) is 10.7. The van der Waals surface area contributed by atoms with Gasteiger partial charge in [-0.25, -0.2) is 9.97 Å². The van der Waals surface area contributed by atoms with Crippen LogP contribution >= 0.6 is 34.4 Å². The van der Waals surface area contributed by atoms with Gasteiger partial charge in [-0.15, -0.1) is 0 Å². The fourth-order valence-corrected chi connectivity index (χ4v) is 3.19. The van der Waals surface area contributed by atoms with E-state index in [-0.39, 0.29) is 0 Å². The predicted octanol–water partition coefficient (Wildman–Crippen LogP) is 2.84. The van der Waals surface area contributed by atoms with E-state index in [4.69, 9.17) is 5.73 Å². The SMILES string of the molecule is Nc1nc(CSC2CCCC2)ncc1I. The third-order valence-electron chi connectivity index (χ3n) is 2.57. The van der Waals surface area contributed by atoms with Crippen LogP contribution in [0.3, 0.4) is 0 Å². The van der Waals surface area contributed by atoms with Crippen molar-refractivity contribution in [1.82, 2.24) is 9.97 Å². The van der Waals surface area contributed by atoms with Crippen molar-refractivity contribution in [3.8, 4) is 0 Å². The molecule has 1 aliphatic rings. The van der Waals surface area contributed by atoms with Crippen LogP contribution in [0.1, 0.15) is 31.5 Å². The number of nitrogens with two attached hydrogens (primary N) is 1. The number of halogens is 1. The van der Waals surface area contributed by atoms with Crippen molar-refractivity contribution in [2.24, 2.45) is 0 Å². The molecule has 1 aliphatic carbocycles. The average molecular weight is 335 g/mol. The number of hydrogen-bond acceptors (Lipinski definition) is 4. The van der Waals surface area contributed by atoms with E-state index in [9.17, 15) is 0 Å². The van der Waals surface area contributed by atoms with Gasteiger partial charge >= 0.3 is 0 Å². The Kier molecular flexibility index (Phi) is 4.07. The minimum Gasteiger partial charge on any atom is -0.383 e. The summed E-state index contributed by atoms with van der Waals surface area (Å²) in [5, 5.41) is 0.814. The van der Waals surface area contributed by atoms with Crippen LogP contribution < -0.4 is 5.73 Å². The first-order chi connectivity index (χ1) is 7.25. The fraction of sp³-hybridized carbons (Fsp3) is 0.600. The number of anilines is 1. The summed E-state index contributed by atoms with van der Waals surface area (Å²) in [5.41, 5.74) is 5.74. The molecule has 1 fully saturated rings. The lowest BCUT2D eigenvalue weighted by Crippen LogP contribution is -2.02. The van der Waals surface area contributed by atoms with E-state index in [0.29, 0.717) is 5.82 Å². The summed E-state index contributed by atoms with van der Waals surface area (Å²) in [6.45, 7) is 0. The van der Waals surface area contributed by atoms with Gasteiger partial charge in [-0.05, 0) is 35.4 Å². The van der Waals surface area contributed by atoms with Crippen molar-refractivity contribution in [3.05, 3.63) is 15.6 Å². The summed E-state index contributed by atoms with van der Waals surface area (Å²) in [6.07, 6.45) is 7.27. The van der Waals surface area contributed by atoms with Gasteiger partial charge in [0, 0.05) is 11.4 Å². The van der Waals surface area contributed by atoms with Crippen molar-refractivity contribution >= 4 is 40.2 Å². The highest BCUT2D eigenvalue weighted by atomic mass is 127. The van der Waals surface area contributed by atoms with E-state index in [1.165, 1.54) is 25.7 Å². The van der Waals surface area contributed by atoms with Crippen LogP contribution in [0, 0.1) is 3.57 Å². The molecule has 0 aromatic carbocycles. The summed E-state index contributed by atoms with van der Waals surface area (Å²) in [6, 6.07) is 0. The number of aromatic nitrogens is 2. The third kappa shape index (κ3) is 3.21. The lowest BCUT2D eigenvalue weighted by molar-refractivity contribution is 0.886. The molecule has 1 heterocycles. The predicted molar refractivity (Wildman–Crippen MR) is 72.7 cm³/mol. The van der Waals surface area contributed by atoms with E-state index in [2.05, 4.69) is 32.6 Å². The molecule has 0 saturated heterocycles.